The number of aromatic nitrogens is 3. The minimum atomic E-state index is 0.452. The molecule has 0 saturated carbocycles. The number of hydrogen-bond acceptors (Lipinski definition) is 5. The third-order valence-corrected chi connectivity index (χ3v) is 4.09. The van der Waals surface area contributed by atoms with E-state index in [9.17, 15) is 0 Å². The van der Waals surface area contributed by atoms with Crippen molar-refractivity contribution in [3.63, 3.8) is 0 Å². The van der Waals surface area contributed by atoms with Gasteiger partial charge in [0.1, 0.15) is 0 Å². The number of nitrogens with one attached hydrogen (secondary N) is 1. The molecule has 1 atom stereocenters. The van der Waals surface area contributed by atoms with E-state index >= 15 is 0 Å². The van der Waals surface area contributed by atoms with Gasteiger partial charge in [-0.15, -0.1) is 0 Å². The zero-order valence-corrected chi connectivity index (χ0v) is 13.3. The molecule has 5 nitrogen and oxygen atoms in total. The van der Waals surface area contributed by atoms with E-state index in [-0.39, 0.29) is 0 Å². The van der Waals surface area contributed by atoms with Gasteiger partial charge in [0.25, 0.3) is 0 Å². The highest BCUT2D eigenvalue weighted by molar-refractivity contribution is 9.10. The quantitative estimate of drug-likeness (QED) is 0.920. The van der Waals surface area contributed by atoms with Crippen molar-refractivity contribution in [3.8, 4) is 0 Å². The fourth-order valence-electron chi connectivity index (χ4n) is 2.54. The molecular weight excluding hydrogens is 330 g/mol. The monoisotopic (exact) mass is 347 g/mol. The van der Waals surface area contributed by atoms with Crippen molar-refractivity contribution in [2.24, 2.45) is 0 Å². The van der Waals surface area contributed by atoms with Crippen LogP contribution in [-0.2, 0) is 6.54 Å². The van der Waals surface area contributed by atoms with Gasteiger partial charge in [-0.25, -0.2) is 9.97 Å². The van der Waals surface area contributed by atoms with Gasteiger partial charge in [-0.3, -0.25) is 4.98 Å². The van der Waals surface area contributed by atoms with Crippen molar-refractivity contribution >= 4 is 21.9 Å². The number of anilines is 1. The molecule has 2 aromatic rings. The maximum absolute atomic E-state index is 4.39. The van der Waals surface area contributed by atoms with E-state index in [2.05, 4.69) is 41.1 Å². The summed E-state index contributed by atoms with van der Waals surface area (Å²) in [5, 5.41) is 3.58. The minimum absolute atomic E-state index is 0.452. The van der Waals surface area contributed by atoms with E-state index in [4.69, 9.17) is 0 Å². The summed E-state index contributed by atoms with van der Waals surface area (Å²) in [4.78, 5) is 15.3. The van der Waals surface area contributed by atoms with Crippen molar-refractivity contribution in [1.82, 2.24) is 20.3 Å². The van der Waals surface area contributed by atoms with E-state index in [1.165, 1.54) is 6.42 Å². The van der Waals surface area contributed by atoms with Gasteiger partial charge in [0.2, 0.25) is 5.95 Å². The first-order chi connectivity index (χ1) is 10.3. The molecule has 3 rings (SSSR count). The zero-order chi connectivity index (χ0) is 14.5. The van der Waals surface area contributed by atoms with Gasteiger partial charge < -0.3 is 10.2 Å². The number of pyridine rings is 1. The fraction of sp³-hybridized carbons (Fsp3) is 0.400. The smallest absolute Gasteiger partial charge is 0.225 e. The lowest BCUT2D eigenvalue weighted by Crippen LogP contribution is -2.46. The summed E-state index contributed by atoms with van der Waals surface area (Å²) in [5.41, 5.74) is 1.06. The van der Waals surface area contributed by atoms with Crippen molar-refractivity contribution in [3.05, 3.63) is 47.0 Å². The average molecular weight is 348 g/mol. The Kier molecular flexibility index (Phi) is 4.77. The minimum Gasteiger partial charge on any atom is -0.339 e. The predicted molar refractivity (Wildman–Crippen MR) is 86.0 cm³/mol. The maximum atomic E-state index is 4.39. The average Bonchev–Trinajstić information content (AvgIpc) is 2.55. The predicted octanol–water partition coefficient (Wildman–Crippen LogP) is 2.39. The van der Waals surface area contributed by atoms with Crippen LogP contribution in [0.5, 0.6) is 0 Å². The van der Waals surface area contributed by atoms with Crippen LogP contribution in [0.4, 0.5) is 5.95 Å². The van der Waals surface area contributed by atoms with Crippen molar-refractivity contribution in [1.29, 1.82) is 0 Å². The second-order valence-corrected chi connectivity index (χ2v) is 6.10. The summed E-state index contributed by atoms with van der Waals surface area (Å²) in [6.07, 6.45) is 7.77. The lowest BCUT2D eigenvalue weighted by atomic mass is 10.1. The van der Waals surface area contributed by atoms with Crippen LogP contribution in [0, 0.1) is 0 Å². The number of nitrogens with zero attached hydrogens (tertiary/aromatic N) is 4. The molecule has 0 amide bonds. The second-order valence-electron chi connectivity index (χ2n) is 5.18. The first kappa shape index (κ1) is 14.4. The van der Waals surface area contributed by atoms with Crippen LogP contribution in [0.25, 0.3) is 0 Å². The molecule has 0 spiro atoms. The van der Waals surface area contributed by atoms with Crippen LogP contribution in [-0.4, -0.2) is 34.1 Å². The molecule has 1 saturated heterocycles. The second kappa shape index (κ2) is 6.95. The van der Waals surface area contributed by atoms with Gasteiger partial charge in [0.05, 0.1) is 5.69 Å². The summed E-state index contributed by atoms with van der Waals surface area (Å²) in [5.74, 6) is 0.825. The van der Waals surface area contributed by atoms with E-state index in [0.29, 0.717) is 6.04 Å². The molecule has 1 N–H and O–H groups in total. The molecule has 110 valence electrons. The summed E-state index contributed by atoms with van der Waals surface area (Å²) in [6.45, 7) is 2.76. The van der Waals surface area contributed by atoms with E-state index in [1.54, 1.807) is 12.4 Å². The molecule has 2 aromatic heterocycles. The van der Waals surface area contributed by atoms with Gasteiger partial charge in [-0.1, -0.05) is 0 Å². The summed E-state index contributed by atoms with van der Waals surface area (Å²) in [6, 6.07) is 6.36. The molecule has 1 aliphatic heterocycles. The molecular formula is C15H18BrN5. The molecule has 0 aliphatic carbocycles. The fourth-order valence-corrected chi connectivity index (χ4v) is 2.77. The Balaban J connectivity index is 1.55. The molecule has 0 aromatic carbocycles. The van der Waals surface area contributed by atoms with Crippen LogP contribution < -0.4 is 10.2 Å². The Bertz CT molecular complexity index is 560. The SMILES string of the molecule is Brc1ccc(CNC2CCCN(c3ncccn3)C2)nc1. The summed E-state index contributed by atoms with van der Waals surface area (Å²) < 4.78 is 1.01. The third-order valence-electron chi connectivity index (χ3n) is 3.62. The lowest BCUT2D eigenvalue weighted by Gasteiger charge is -2.33. The Morgan fingerprint density at radius 1 is 1.24 bits per heavy atom. The Morgan fingerprint density at radius 2 is 2.10 bits per heavy atom. The van der Waals surface area contributed by atoms with Gasteiger partial charge in [0, 0.05) is 48.7 Å². The standard InChI is InChI=1S/C15H18BrN5/c16-12-4-5-13(19-9-12)10-20-14-3-1-8-21(11-14)15-17-6-2-7-18-15/h2,4-7,9,14,20H,1,3,8,10-11H2. The largest absolute Gasteiger partial charge is 0.339 e. The van der Waals surface area contributed by atoms with Crippen LogP contribution >= 0.6 is 15.9 Å². The Morgan fingerprint density at radius 3 is 2.86 bits per heavy atom. The highest BCUT2D eigenvalue weighted by atomic mass is 79.9. The lowest BCUT2D eigenvalue weighted by molar-refractivity contribution is 0.416. The van der Waals surface area contributed by atoms with E-state index in [1.807, 2.05) is 24.4 Å². The highest BCUT2D eigenvalue weighted by Crippen LogP contribution is 2.15. The van der Waals surface area contributed by atoms with Gasteiger partial charge in [-0.2, -0.15) is 0 Å². The van der Waals surface area contributed by atoms with Crippen LogP contribution in [0.3, 0.4) is 0 Å². The first-order valence-corrected chi connectivity index (χ1v) is 7.96. The van der Waals surface area contributed by atoms with Crippen molar-refractivity contribution in [2.75, 3.05) is 18.0 Å². The molecule has 1 unspecified atom stereocenters. The molecule has 0 bridgehead atoms. The number of piperidine rings is 1. The molecule has 21 heavy (non-hydrogen) atoms. The normalized spacial score (nSPS) is 18.7. The molecule has 1 aliphatic rings. The number of halogens is 1. The molecule has 6 heteroatoms. The van der Waals surface area contributed by atoms with Gasteiger partial charge >= 0.3 is 0 Å². The maximum Gasteiger partial charge on any atom is 0.225 e. The van der Waals surface area contributed by atoms with Crippen LogP contribution in [0.1, 0.15) is 18.5 Å². The van der Waals surface area contributed by atoms with E-state index in [0.717, 1.165) is 42.2 Å². The van der Waals surface area contributed by atoms with Crippen LogP contribution in [0.2, 0.25) is 0 Å². The van der Waals surface area contributed by atoms with Crippen molar-refractivity contribution in [2.45, 2.75) is 25.4 Å². The first-order valence-electron chi connectivity index (χ1n) is 7.17. The van der Waals surface area contributed by atoms with Gasteiger partial charge in [0.15, 0.2) is 0 Å². The zero-order valence-electron chi connectivity index (χ0n) is 11.7. The molecule has 3 heterocycles. The Hall–Kier alpha value is -1.53. The number of hydrogen-bond donors (Lipinski definition) is 1. The van der Waals surface area contributed by atoms with E-state index < -0.39 is 0 Å². The molecule has 1 fully saturated rings. The highest BCUT2D eigenvalue weighted by Gasteiger charge is 2.21. The van der Waals surface area contributed by atoms with Crippen LogP contribution in [0.15, 0.2) is 41.3 Å². The van der Waals surface area contributed by atoms with Gasteiger partial charge in [-0.05, 0) is 47.0 Å². The number of rotatable bonds is 4. The summed E-state index contributed by atoms with van der Waals surface area (Å²) >= 11 is 3.40. The summed E-state index contributed by atoms with van der Waals surface area (Å²) in [7, 11) is 0. The molecule has 0 radical (unpaired) electrons. The topological polar surface area (TPSA) is 53.9 Å². The van der Waals surface area contributed by atoms with Crippen molar-refractivity contribution < 1.29 is 0 Å². The Labute approximate surface area is 133 Å². The third kappa shape index (κ3) is 3.98.